The molecule has 0 saturated heterocycles. The van der Waals surface area contributed by atoms with Crippen LogP contribution in [0.2, 0.25) is 0 Å². The third-order valence-electron chi connectivity index (χ3n) is 0.901. The van der Waals surface area contributed by atoms with Gasteiger partial charge in [0.2, 0.25) is 0 Å². The molecule has 0 amide bonds. The Kier molecular flexibility index (Phi) is 23.7. The number of rotatable bonds is 1. The zero-order valence-electron chi connectivity index (χ0n) is 7.32. The first-order valence-corrected chi connectivity index (χ1v) is 3.49. The maximum atomic E-state index is 11.2. The predicted octanol–water partition coefficient (Wildman–Crippen LogP) is 6.66. The van der Waals surface area contributed by atoms with Gasteiger partial charge in [-0.15, -0.1) is 0 Å². The summed E-state index contributed by atoms with van der Waals surface area (Å²) >= 11 is 0. The molecular formula is C10H23F9. The van der Waals surface area contributed by atoms with Gasteiger partial charge >= 0.3 is 18.3 Å². The van der Waals surface area contributed by atoms with Crippen LogP contribution in [0.25, 0.3) is 0 Å². The molecule has 0 aromatic heterocycles. The molecule has 0 atom stereocenters. The Labute approximate surface area is 109 Å². The van der Waals surface area contributed by atoms with E-state index in [2.05, 4.69) is 0 Å². The Hall–Kier alpha value is -0.630. The fourth-order valence-corrected chi connectivity index (χ4v) is 0.161. The zero-order valence-corrected chi connectivity index (χ0v) is 7.32. The van der Waals surface area contributed by atoms with Gasteiger partial charge in [0.15, 0.2) is 0 Å². The molecule has 126 valence electrons. The third-order valence-corrected chi connectivity index (χ3v) is 0.901. The highest BCUT2D eigenvalue weighted by Gasteiger charge is 2.74. The van der Waals surface area contributed by atoms with Crippen molar-refractivity contribution < 1.29 is 39.5 Å². The molecule has 0 bridgehead atoms. The second-order valence-electron chi connectivity index (χ2n) is 2.26. The molecule has 0 heterocycles. The van der Waals surface area contributed by atoms with Gasteiger partial charge in [-0.25, -0.2) is 0 Å². The van der Waals surface area contributed by atoms with Crippen LogP contribution in [0.5, 0.6) is 0 Å². The lowest BCUT2D eigenvalue weighted by Gasteiger charge is -2.21. The normalized spacial score (nSPS) is 10.4. The van der Waals surface area contributed by atoms with Crippen LogP contribution in [-0.4, -0.2) is 24.9 Å². The highest BCUT2D eigenvalue weighted by molar-refractivity contribution is 4.83. The van der Waals surface area contributed by atoms with E-state index in [0.29, 0.717) is 6.42 Å². The second-order valence-corrected chi connectivity index (χ2v) is 2.26. The Balaban J connectivity index is -0.0000000471. The van der Waals surface area contributed by atoms with E-state index in [1.807, 2.05) is 0 Å². The summed E-state index contributed by atoms with van der Waals surface area (Å²) < 4.78 is 98.3. The van der Waals surface area contributed by atoms with Crippen molar-refractivity contribution in [1.82, 2.24) is 0 Å². The molecule has 9 heteroatoms. The first kappa shape index (κ1) is 36.2. The summed E-state index contributed by atoms with van der Waals surface area (Å²) in [5, 5.41) is 0. The van der Waals surface area contributed by atoms with Crippen molar-refractivity contribution in [3.05, 3.63) is 0 Å². The van der Waals surface area contributed by atoms with E-state index in [0.717, 1.165) is 0 Å². The van der Waals surface area contributed by atoms with Crippen molar-refractivity contribution in [2.45, 2.75) is 61.3 Å². The molecule has 0 rings (SSSR count). The SMILES string of the molecule is C.C.C.C.CCCF.FC(F)(F)C(F)(F)C(F)(F)F. The summed E-state index contributed by atoms with van der Waals surface area (Å²) in [6.45, 7) is 1.62. The maximum Gasteiger partial charge on any atom is 0.463 e. The van der Waals surface area contributed by atoms with E-state index in [1.54, 1.807) is 6.92 Å². The van der Waals surface area contributed by atoms with Crippen LogP contribution in [0, 0.1) is 0 Å². The van der Waals surface area contributed by atoms with Gasteiger partial charge in [0, 0.05) is 0 Å². The standard InChI is InChI=1S/C3F8.C3H7F.4CH4/c4-1(5,2(6,7)8)3(9,10)11;1-2-3-4;;;;/h;2-3H2,1H3;4*1H4. The average molecular weight is 314 g/mol. The van der Waals surface area contributed by atoms with Crippen LogP contribution < -0.4 is 0 Å². The van der Waals surface area contributed by atoms with Gasteiger partial charge in [-0.05, 0) is 6.42 Å². The van der Waals surface area contributed by atoms with Crippen LogP contribution >= 0.6 is 0 Å². The first-order valence-electron chi connectivity index (χ1n) is 3.49. The predicted molar refractivity (Wildman–Crippen MR) is 60.2 cm³/mol. The molecule has 0 aromatic rings. The highest BCUT2D eigenvalue weighted by atomic mass is 19.5. The molecule has 0 spiro atoms. The fraction of sp³-hybridized carbons (Fsp3) is 1.00. The van der Waals surface area contributed by atoms with Crippen molar-refractivity contribution in [1.29, 1.82) is 0 Å². The van der Waals surface area contributed by atoms with Gasteiger partial charge in [0.1, 0.15) is 0 Å². The summed E-state index contributed by atoms with van der Waals surface area (Å²) in [6.07, 6.45) is -12.5. The highest BCUT2D eigenvalue weighted by Crippen LogP contribution is 2.46. The minimum Gasteiger partial charge on any atom is -0.251 e. The zero-order chi connectivity index (χ0) is 12.9. The van der Waals surface area contributed by atoms with Gasteiger partial charge in [0.25, 0.3) is 0 Å². The lowest BCUT2D eigenvalue weighted by molar-refractivity contribution is -0.389. The first-order chi connectivity index (χ1) is 6.41. The van der Waals surface area contributed by atoms with Gasteiger partial charge in [-0.1, -0.05) is 36.6 Å². The van der Waals surface area contributed by atoms with Crippen molar-refractivity contribution in [3.8, 4) is 0 Å². The molecule has 0 saturated carbocycles. The van der Waals surface area contributed by atoms with Crippen LogP contribution in [0.15, 0.2) is 0 Å². The van der Waals surface area contributed by atoms with Crippen molar-refractivity contribution in [2.75, 3.05) is 6.67 Å². The second kappa shape index (κ2) is 12.4. The summed E-state index contributed by atoms with van der Waals surface area (Å²) in [4.78, 5) is 0. The van der Waals surface area contributed by atoms with Crippen LogP contribution in [-0.2, 0) is 0 Å². The van der Waals surface area contributed by atoms with Crippen LogP contribution in [0.1, 0.15) is 43.1 Å². The van der Waals surface area contributed by atoms with Crippen LogP contribution in [0.3, 0.4) is 0 Å². The lowest BCUT2D eigenvalue weighted by atomic mass is 10.3. The van der Waals surface area contributed by atoms with E-state index in [9.17, 15) is 39.5 Å². The summed E-state index contributed by atoms with van der Waals surface area (Å²) in [5.41, 5.74) is 0. The molecule has 0 aliphatic carbocycles. The van der Waals surface area contributed by atoms with Crippen molar-refractivity contribution in [3.63, 3.8) is 0 Å². The molecule has 0 unspecified atom stereocenters. The largest absolute Gasteiger partial charge is 0.463 e. The van der Waals surface area contributed by atoms with Gasteiger partial charge in [-0.2, -0.15) is 35.1 Å². The smallest absolute Gasteiger partial charge is 0.251 e. The quantitative estimate of drug-likeness (QED) is 0.475. The average Bonchev–Trinajstić information content (AvgIpc) is 2.01. The fourth-order valence-electron chi connectivity index (χ4n) is 0.161. The number of hydrogen-bond donors (Lipinski definition) is 0. The molecule has 0 aliphatic heterocycles. The molecule has 0 aliphatic rings. The lowest BCUT2D eigenvalue weighted by Crippen LogP contribution is -2.49. The molecule has 0 aromatic carbocycles. The minimum atomic E-state index is -6.62. The van der Waals surface area contributed by atoms with Crippen LogP contribution in [0.4, 0.5) is 39.5 Å². The maximum absolute atomic E-state index is 11.2. The molecule has 0 fully saturated rings. The summed E-state index contributed by atoms with van der Waals surface area (Å²) in [7, 11) is 0. The van der Waals surface area contributed by atoms with E-state index in [4.69, 9.17) is 0 Å². The van der Waals surface area contributed by atoms with E-state index < -0.39 is 18.3 Å². The molecular weight excluding hydrogens is 291 g/mol. The van der Waals surface area contributed by atoms with Gasteiger partial charge in [0.05, 0.1) is 6.67 Å². The number of halogens is 9. The topological polar surface area (TPSA) is 0 Å². The Morgan fingerprint density at radius 2 is 0.789 bits per heavy atom. The van der Waals surface area contributed by atoms with Gasteiger partial charge < -0.3 is 0 Å². The molecule has 0 N–H and O–H groups in total. The monoisotopic (exact) mass is 314 g/mol. The number of hydrogen-bond acceptors (Lipinski definition) is 0. The van der Waals surface area contributed by atoms with Crippen molar-refractivity contribution in [2.24, 2.45) is 0 Å². The third kappa shape index (κ3) is 12.2. The molecule has 0 radical (unpaired) electrons. The summed E-state index contributed by atoms with van der Waals surface area (Å²) in [6, 6.07) is 0. The summed E-state index contributed by atoms with van der Waals surface area (Å²) in [5.74, 6) is -6.62. The van der Waals surface area contributed by atoms with Crippen molar-refractivity contribution >= 4 is 0 Å². The molecule has 19 heavy (non-hydrogen) atoms. The van der Waals surface area contributed by atoms with Gasteiger partial charge in [-0.3, -0.25) is 4.39 Å². The van der Waals surface area contributed by atoms with E-state index in [-0.39, 0.29) is 36.4 Å². The van der Waals surface area contributed by atoms with E-state index >= 15 is 0 Å². The Morgan fingerprint density at radius 3 is 0.789 bits per heavy atom. The Bertz CT molecular complexity index is 151. The molecule has 0 nitrogen and oxygen atoms in total. The Morgan fingerprint density at radius 1 is 0.632 bits per heavy atom. The van der Waals surface area contributed by atoms with E-state index in [1.165, 1.54) is 0 Å². The minimum absolute atomic E-state index is 0. The number of alkyl halides is 9.